The van der Waals surface area contributed by atoms with Crippen molar-refractivity contribution in [2.45, 2.75) is 11.4 Å². The first-order valence-electron chi connectivity index (χ1n) is 8.54. The Bertz CT molecular complexity index is 1070. The zero-order chi connectivity index (χ0) is 20.7. The molecule has 0 radical (unpaired) electrons. The molecule has 0 aliphatic heterocycles. The highest BCUT2D eigenvalue weighted by Gasteiger charge is 2.15. The summed E-state index contributed by atoms with van der Waals surface area (Å²) in [4.78, 5) is 7.81. The van der Waals surface area contributed by atoms with Gasteiger partial charge in [0.15, 0.2) is 5.11 Å². The Morgan fingerprint density at radius 3 is 2.48 bits per heavy atom. The Kier molecular flexibility index (Phi) is 6.57. The highest BCUT2D eigenvalue weighted by atomic mass is 32.2. The molecule has 0 unspecified atom stereocenters. The van der Waals surface area contributed by atoms with Crippen LogP contribution in [0.15, 0.2) is 71.9 Å². The largest absolute Gasteiger partial charge is 0.481 e. The van der Waals surface area contributed by atoms with Crippen LogP contribution < -0.4 is 20.1 Å². The molecule has 0 saturated carbocycles. The summed E-state index contributed by atoms with van der Waals surface area (Å²) in [5.74, 6) is 0.374. The van der Waals surface area contributed by atoms with Gasteiger partial charge < -0.3 is 15.4 Å². The van der Waals surface area contributed by atoms with Crippen LogP contribution in [-0.2, 0) is 16.6 Å². The molecule has 1 heterocycles. The SMILES string of the molecule is COc1cc(NS(=O)(=O)c2ccc(NC(=S)NCc3ccccc3)cc2)ncn1. The summed E-state index contributed by atoms with van der Waals surface area (Å²) in [5, 5.41) is 6.56. The van der Waals surface area contributed by atoms with E-state index in [-0.39, 0.29) is 16.6 Å². The van der Waals surface area contributed by atoms with Crippen LogP contribution in [0, 0.1) is 0 Å². The molecule has 1 aromatic heterocycles. The Morgan fingerprint density at radius 1 is 1.07 bits per heavy atom. The Hall–Kier alpha value is -3.24. The number of sulfonamides is 1. The summed E-state index contributed by atoms with van der Waals surface area (Å²) in [6.45, 7) is 0.589. The number of nitrogens with one attached hydrogen (secondary N) is 3. The van der Waals surface area contributed by atoms with E-state index in [1.54, 1.807) is 12.1 Å². The van der Waals surface area contributed by atoms with E-state index in [2.05, 4.69) is 25.3 Å². The van der Waals surface area contributed by atoms with Crippen molar-refractivity contribution >= 4 is 38.9 Å². The maximum Gasteiger partial charge on any atom is 0.263 e. The van der Waals surface area contributed by atoms with Gasteiger partial charge in [0, 0.05) is 18.3 Å². The van der Waals surface area contributed by atoms with Crippen LogP contribution in [0.1, 0.15) is 5.56 Å². The first-order valence-corrected chi connectivity index (χ1v) is 10.4. The van der Waals surface area contributed by atoms with Crippen molar-refractivity contribution in [3.8, 4) is 5.88 Å². The third-order valence-electron chi connectivity index (χ3n) is 3.81. The van der Waals surface area contributed by atoms with Gasteiger partial charge in [-0.05, 0) is 42.0 Å². The van der Waals surface area contributed by atoms with Crippen LogP contribution >= 0.6 is 12.2 Å². The fourth-order valence-electron chi connectivity index (χ4n) is 2.37. The van der Waals surface area contributed by atoms with E-state index in [9.17, 15) is 8.42 Å². The van der Waals surface area contributed by atoms with E-state index in [0.29, 0.717) is 17.3 Å². The predicted octanol–water partition coefficient (Wildman–Crippen LogP) is 2.77. The molecule has 3 rings (SSSR count). The average Bonchev–Trinajstić information content (AvgIpc) is 2.73. The molecule has 0 aliphatic carbocycles. The highest BCUT2D eigenvalue weighted by Crippen LogP contribution is 2.18. The molecule has 0 amide bonds. The van der Waals surface area contributed by atoms with E-state index in [4.69, 9.17) is 17.0 Å². The van der Waals surface area contributed by atoms with E-state index in [1.165, 1.54) is 31.6 Å². The van der Waals surface area contributed by atoms with Crippen LogP contribution in [0.4, 0.5) is 11.5 Å². The van der Waals surface area contributed by atoms with Gasteiger partial charge in [0.25, 0.3) is 10.0 Å². The van der Waals surface area contributed by atoms with Gasteiger partial charge in [-0.1, -0.05) is 30.3 Å². The number of benzene rings is 2. The minimum Gasteiger partial charge on any atom is -0.481 e. The number of methoxy groups -OCH3 is 1. The number of nitrogens with zero attached hydrogens (tertiary/aromatic N) is 2. The summed E-state index contributed by atoms with van der Waals surface area (Å²) in [6, 6.07) is 17.5. The zero-order valence-corrected chi connectivity index (χ0v) is 17.1. The van der Waals surface area contributed by atoms with E-state index >= 15 is 0 Å². The Morgan fingerprint density at radius 2 is 1.79 bits per heavy atom. The maximum atomic E-state index is 12.5. The molecule has 150 valence electrons. The molecule has 29 heavy (non-hydrogen) atoms. The normalized spacial score (nSPS) is 10.8. The molecule has 3 aromatic rings. The van der Waals surface area contributed by atoms with Gasteiger partial charge in [0.2, 0.25) is 5.88 Å². The van der Waals surface area contributed by atoms with E-state index < -0.39 is 10.0 Å². The smallest absolute Gasteiger partial charge is 0.263 e. The third kappa shape index (κ3) is 5.87. The second-order valence-electron chi connectivity index (χ2n) is 5.87. The van der Waals surface area contributed by atoms with Crippen molar-refractivity contribution in [2.75, 3.05) is 17.1 Å². The quantitative estimate of drug-likeness (QED) is 0.493. The fraction of sp³-hybridized carbons (Fsp3) is 0.105. The zero-order valence-electron chi connectivity index (χ0n) is 15.5. The average molecular weight is 430 g/mol. The van der Waals surface area contributed by atoms with Gasteiger partial charge in [-0.3, -0.25) is 4.72 Å². The molecule has 10 heteroatoms. The minimum absolute atomic E-state index is 0.0868. The number of anilines is 2. The molecular formula is C19H19N5O3S2. The minimum atomic E-state index is -3.80. The first kappa shape index (κ1) is 20.5. The van der Waals surface area contributed by atoms with Crippen LogP contribution in [0.5, 0.6) is 5.88 Å². The molecule has 0 fully saturated rings. The summed E-state index contributed by atoms with van der Waals surface area (Å²) in [6.07, 6.45) is 1.22. The van der Waals surface area contributed by atoms with Gasteiger partial charge in [-0.25, -0.2) is 18.4 Å². The van der Waals surface area contributed by atoms with Gasteiger partial charge in [0.05, 0.1) is 12.0 Å². The highest BCUT2D eigenvalue weighted by molar-refractivity contribution is 7.92. The number of hydrogen-bond donors (Lipinski definition) is 3. The van der Waals surface area contributed by atoms with Crippen LogP contribution in [0.3, 0.4) is 0 Å². The molecule has 0 spiro atoms. The summed E-state index contributed by atoms with van der Waals surface area (Å²) >= 11 is 5.27. The second-order valence-corrected chi connectivity index (χ2v) is 7.96. The fourth-order valence-corrected chi connectivity index (χ4v) is 3.56. The molecule has 0 aliphatic rings. The van der Waals surface area contributed by atoms with Crippen molar-refractivity contribution in [2.24, 2.45) is 0 Å². The molecule has 0 bridgehead atoms. The van der Waals surface area contributed by atoms with E-state index in [1.807, 2.05) is 30.3 Å². The molecule has 3 N–H and O–H groups in total. The topological polar surface area (TPSA) is 105 Å². The van der Waals surface area contributed by atoms with E-state index in [0.717, 1.165) is 5.56 Å². The number of rotatable bonds is 7. The van der Waals surface area contributed by atoms with Crippen LogP contribution in [-0.4, -0.2) is 30.6 Å². The number of hydrogen-bond acceptors (Lipinski definition) is 6. The van der Waals surface area contributed by atoms with Gasteiger partial charge >= 0.3 is 0 Å². The predicted molar refractivity (Wildman–Crippen MR) is 115 cm³/mol. The molecule has 0 atom stereocenters. The molecular weight excluding hydrogens is 410 g/mol. The van der Waals surface area contributed by atoms with Crippen molar-refractivity contribution in [3.63, 3.8) is 0 Å². The van der Waals surface area contributed by atoms with Gasteiger partial charge in [-0.2, -0.15) is 0 Å². The number of aromatic nitrogens is 2. The lowest BCUT2D eigenvalue weighted by Gasteiger charge is -2.12. The lowest BCUT2D eigenvalue weighted by Crippen LogP contribution is -2.27. The van der Waals surface area contributed by atoms with Gasteiger partial charge in [-0.15, -0.1) is 0 Å². The lowest BCUT2D eigenvalue weighted by atomic mass is 10.2. The lowest BCUT2D eigenvalue weighted by molar-refractivity contribution is 0.397. The first-order chi connectivity index (χ1) is 14.0. The maximum absolute atomic E-state index is 12.5. The molecule has 8 nitrogen and oxygen atoms in total. The van der Waals surface area contributed by atoms with Gasteiger partial charge in [0.1, 0.15) is 12.1 Å². The Balaban J connectivity index is 1.60. The number of thiocarbonyl (C=S) groups is 1. The molecule has 2 aromatic carbocycles. The number of ether oxygens (including phenoxy) is 1. The summed E-state index contributed by atoms with van der Waals surface area (Å²) < 4.78 is 32.4. The Labute approximate surface area is 174 Å². The van der Waals surface area contributed by atoms with Crippen molar-refractivity contribution < 1.29 is 13.2 Å². The molecule has 0 saturated heterocycles. The van der Waals surface area contributed by atoms with Crippen LogP contribution in [0.25, 0.3) is 0 Å². The standard InChI is InChI=1S/C19H19N5O3S2/c1-27-18-11-17(21-13-22-18)24-29(25,26)16-9-7-15(8-10-16)23-19(28)20-12-14-5-3-2-4-6-14/h2-11,13H,12H2,1H3,(H2,20,23,28)(H,21,22,24). The third-order valence-corrected chi connectivity index (χ3v) is 5.43. The van der Waals surface area contributed by atoms with Crippen molar-refractivity contribution in [1.29, 1.82) is 0 Å². The second kappa shape index (κ2) is 9.30. The van der Waals surface area contributed by atoms with Crippen molar-refractivity contribution in [3.05, 3.63) is 72.6 Å². The summed E-state index contributed by atoms with van der Waals surface area (Å²) in [5.41, 5.74) is 1.77. The van der Waals surface area contributed by atoms with Crippen LogP contribution in [0.2, 0.25) is 0 Å². The van der Waals surface area contributed by atoms with Crippen molar-refractivity contribution in [1.82, 2.24) is 15.3 Å². The summed E-state index contributed by atoms with van der Waals surface area (Å²) in [7, 11) is -2.37. The monoisotopic (exact) mass is 429 g/mol.